The Bertz CT molecular complexity index is 1440. The molecule has 40 heavy (non-hydrogen) atoms. The second kappa shape index (κ2) is 11.5. The summed E-state index contributed by atoms with van der Waals surface area (Å²) in [5.41, 5.74) is 18.5. The summed E-state index contributed by atoms with van der Waals surface area (Å²) >= 11 is 0. The van der Waals surface area contributed by atoms with Gasteiger partial charge in [0.2, 0.25) is 0 Å². The summed E-state index contributed by atoms with van der Waals surface area (Å²) in [6, 6.07) is 16.5. The van der Waals surface area contributed by atoms with Crippen molar-refractivity contribution in [3.05, 3.63) is 82.2 Å². The molecule has 5 nitrogen and oxygen atoms in total. The van der Waals surface area contributed by atoms with Gasteiger partial charge in [-0.2, -0.15) is 0 Å². The van der Waals surface area contributed by atoms with E-state index in [0.29, 0.717) is 11.4 Å². The molecule has 4 aromatic rings. The van der Waals surface area contributed by atoms with Gasteiger partial charge in [0.15, 0.2) is 5.82 Å². The van der Waals surface area contributed by atoms with Gasteiger partial charge in [0.25, 0.3) is 0 Å². The zero-order chi connectivity index (χ0) is 28.8. The van der Waals surface area contributed by atoms with Gasteiger partial charge < -0.3 is 16.1 Å². The summed E-state index contributed by atoms with van der Waals surface area (Å²) in [4.78, 5) is 12.5. The van der Waals surface area contributed by atoms with Gasteiger partial charge in [-0.1, -0.05) is 104 Å². The van der Waals surface area contributed by atoms with Gasteiger partial charge in [-0.3, -0.25) is 0 Å². The third kappa shape index (κ3) is 6.84. The quantitative estimate of drug-likeness (QED) is 0.234. The molecular formula is C34H44CoN5-. The average Bonchev–Trinajstić information content (AvgIpc) is 3.27. The Balaban J connectivity index is 0.000000216. The van der Waals surface area contributed by atoms with Crippen molar-refractivity contribution in [1.82, 2.24) is 15.0 Å². The number of nitrogens with one attached hydrogen (secondary N) is 3. The van der Waals surface area contributed by atoms with Crippen molar-refractivity contribution in [1.29, 1.82) is 5.41 Å². The summed E-state index contributed by atoms with van der Waals surface area (Å²) in [5, 5.41) is 8.04. The van der Waals surface area contributed by atoms with Gasteiger partial charge in [-0.25, -0.2) is 9.97 Å². The molecule has 0 aliphatic heterocycles. The van der Waals surface area contributed by atoms with Gasteiger partial charge in [-0.05, 0) is 64.8 Å². The van der Waals surface area contributed by atoms with Crippen molar-refractivity contribution in [2.45, 2.75) is 97.8 Å². The third-order valence-electron chi connectivity index (χ3n) is 7.39. The van der Waals surface area contributed by atoms with Gasteiger partial charge in [-0.15, -0.1) is 5.69 Å². The van der Waals surface area contributed by atoms with Crippen LogP contribution >= 0.6 is 0 Å². The van der Waals surface area contributed by atoms with Crippen LogP contribution in [0, 0.1) is 5.41 Å². The number of rotatable bonds is 1. The van der Waals surface area contributed by atoms with Crippen LogP contribution in [0.5, 0.6) is 0 Å². The molecule has 1 aliphatic rings. The van der Waals surface area contributed by atoms with Crippen LogP contribution < -0.4 is 0 Å². The first-order valence-corrected chi connectivity index (χ1v) is 14.0. The van der Waals surface area contributed by atoms with Crippen LogP contribution in [-0.2, 0) is 39.4 Å². The molecule has 0 unspecified atom stereocenters. The van der Waals surface area contributed by atoms with Gasteiger partial charge >= 0.3 is 0 Å². The molecule has 0 saturated heterocycles. The maximum atomic E-state index is 8.56. The van der Waals surface area contributed by atoms with Gasteiger partial charge in [0.1, 0.15) is 5.69 Å². The maximum Gasteiger partial charge on any atom is 0.157 e. The smallest absolute Gasteiger partial charge is 0.157 e. The Morgan fingerprint density at radius 2 is 1.38 bits per heavy atom. The van der Waals surface area contributed by atoms with E-state index in [1.807, 2.05) is 30.3 Å². The predicted octanol–water partition coefficient (Wildman–Crippen LogP) is 9.59. The molecule has 2 heterocycles. The molecule has 6 heteroatoms. The summed E-state index contributed by atoms with van der Waals surface area (Å²) in [5.74, 6) is 0.771. The van der Waals surface area contributed by atoms with E-state index >= 15 is 0 Å². The van der Waals surface area contributed by atoms with Crippen molar-refractivity contribution >= 4 is 22.4 Å². The van der Waals surface area contributed by atoms with Crippen LogP contribution in [0.4, 0.5) is 5.69 Å². The van der Waals surface area contributed by atoms with Crippen LogP contribution in [0.3, 0.4) is 0 Å². The predicted molar refractivity (Wildman–Crippen MR) is 166 cm³/mol. The van der Waals surface area contributed by atoms with Crippen molar-refractivity contribution in [2.24, 2.45) is 0 Å². The van der Waals surface area contributed by atoms with Crippen LogP contribution in [0.1, 0.15) is 103 Å². The van der Waals surface area contributed by atoms with E-state index < -0.39 is 0 Å². The molecule has 3 N–H and O–H groups in total. The molecular weight excluding hydrogens is 537 g/mol. The molecule has 215 valence electrons. The minimum absolute atomic E-state index is 0. The molecule has 5 rings (SSSR count). The van der Waals surface area contributed by atoms with E-state index in [9.17, 15) is 0 Å². The first kappa shape index (κ1) is 31.6. The SMILES string of the molecule is CC(C)(C)c1cc(C(C)(C)C)c([NH-])c(C(C)(C)C)c1.N=C1CCCc2ccc(-c3nc4ccccc4[nH]3)nc21.[Co]. The van der Waals surface area contributed by atoms with Crippen LogP contribution in [0.15, 0.2) is 48.5 Å². The second-order valence-electron chi connectivity index (χ2n) is 13.8. The largest absolute Gasteiger partial charge is 0.698 e. The van der Waals surface area contributed by atoms with Crippen molar-refractivity contribution in [3.8, 4) is 11.5 Å². The number of hydrogen-bond donors (Lipinski definition) is 2. The summed E-state index contributed by atoms with van der Waals surface area (Å²) in [7, 11) is 0. The minimum atomic E-state index is 0. The van der Waals surface area contributed by atoms with Crippen LogP contribution in [0.25, 0.3) is 28.3 Å². The topological polar surface area (TPSA) is 89.2 Å². The van der Waals surface area contributed by atoms with E-state index in [-0.39, 0.29) is 33.0 Å². The Labute approximate surface area is 250 Å². The molecule has 0 bridgehead atoms. The number of benzene rings is 2. The number of aromatic amines is 1. The molecule has 2 aromatic heterocycles. The normalized spacial score (nSPS) is 13.8. The molecule has 0 amide bonds. The minimum Gasteiger partial charge on any atom is -0.698 e. The average molecular weight is 582 g/mol. The summed E-state index contributed by atoms with van der Waals surface area (Å²) in [6.07, 6.45) is 2.90. The molecule has 0 saturated carbocycles. The number of aromatic nitrogens is 3. The number of imidazole rings is 1. The number of para-hydroxylation sites is 2. The van der Waals surface area contributed by atoms with E-state index in [2.05, 4.69) is 95.5 Å². The standard InChI is InChI=1S/C18H30N.C16H14N4.Co/c1-16(2,3)12-10-13(17(4,5)6)15(19)14(11-12)18(7,8)9;17-11-5-3-4-10-8-9-14(18-15(10)11)16-19-12-6-1-2-7-13(12)20-16;/h10-11,19H,1-9H3;1-2,6-9,17H,3-5H2,(H,19,20);/q-1;;. The first-order valence-electron chi connectivity index (χ1n) is 14.0. The van der Waals surface area contributed by atoms with Crippen molar-refractivity contribution < 1.29 is 16.8 Å². The zero-order valence-electron chi connectivity index (χ0n) is 25.5. The zero-order valence-corrected chi connectivity index (χ0v) is 26.5. The number of nitrogens with zero attached hydrogens (tertiary/aromatic N) is 2. The fraction of sp³-hybridized carbons (Fsp3) is 0.441. The molecule has 1 radical (unpaired) electrons. The number of fused-ring (bicyclic) bond motifs is 2. The van der Waals surface area contributed by atoms with Gasteiger partial charge in [0, 0.05) is 16.8 Å². The first-order chi connectivity index (χ1) is 18.1. The number of hydrogen-bond acceptors (Lipinski definition) is 3. The van der Waals surface area contributed by atoms with E-state index in [1.165, 1.54) is 11.1 Å². The Kier molecular flexibility index (Phi) is 9.07. The molecule has 0 atom stereocenters. The fourth-order valence-electron chi connectivity index (χ4n) is 4.99. The Morgan fingerprint density at radius 3 is 1.93 bits per heavy atom. The third-order valence-corrected chi connectivity index (χ3v) is 7.39. The summed E-state index contributed by atoms with van der Waals surface area (Å²) in [6.45, 7) is 19.9. The van der Waals surface area contributed by atoms with Crippen molar-refractivity contribution in [3.63, 3.8) is 0 Å². The summed E-state index contributed by atoms with van der Waals surface area (Å²) < 4.78 is 0. The molecule has 0 spiro atoms. The van der Waals surface area contributed by atoms with E-state index in [1.54, 1.807) is 0 Å². The second-order valence-corrected chi connectivity index (χ2v) is 13.8. The molecule has 2 aromatic carbocycles. The number of pyridine rings is 1. The fourth-order valence-corrected chi connectivity index (χ4v) is 4.99. The van der Waals surface area contributed by atoms with Crippen molar-refractivity contribution in [2.75, 3.05) is 0 Å². The number of aryl methyl sites for hydroxylation is 1. The monoisotopic (exact) mass is 581 g/mol. The molecule has 1 aliphatic carbocycles. The Morgan fingerprint density at radius 1 is 0.775 bits per heavy atom. The maximum absolute atomic E-state index is 8.56. The van der Waals surface area contributed by atoms with E-state index in [4.69, 9.17) is 11.1 Å². The van der Waals surface area contributed by atoms with Gasteiger partial charge in [0.05, 0.1) is 22.4 Å². The van der Waals surface area contributed by atoms with Crippen LogP contribution in [0.2, 0.25) is 0 Å². The Hall–Kier alpha value is -2.96. The van der Waals surface area contributed by atoms with E-state index in [0.717, 1.165) is 58.6 Å². The molecule has 0 fully saturated rings. The van der Waals surface area contributed by atoms with Crippen LogP contribution in [-0.4, -0.2) is 20.7 Å². The number of H-pyrrole nitrogens is 1.